The molecule has 0 spiro atoms. The van der Waals surface area contributed by atoms with Gasteiger partial charge < -0.3 is 10.5 Å². The zero-order valence-corrected chi connectivity index (χ0v) is 12.4. The summed E-state index contributed by atoms with van der Waals surface area (Å²) in [5.41, 5.74) is 5.96. The molecular formula is C12H18N2O3S2. The molecule has 0 bridgehead atoms. The topological polar surface area (TPSA) is 81.4 Å². The molecule has 0 aliphatic carbocycles. The Balaban J connectivity index is 2.10. The predicted molar refractivity (Wildman–Crippen MR) is 78.1 cm³/mol. The van der Waals surface area contributed by atoms with Gasteiger partial charge in [-0.05, 0) is 30.7 Å². The van der Waals surface area contributed by atoms with E-state index in [2.05, 4.69) is 4.72 Å². The lowest BCUT2D eigenvalue weighted by molar-refractivity contribution is 0.414. The fraction of sp³-hybridized carbons (Fsp3) is 0.500. The maximum Gasteiger partial charge on any atom is 0.242 e. The van der Waals surface area contributed by atoms with Gasteiger partial charge in [0.05, 0.1) is 12.8 Å². The van der Waals surface area contributed by atoms with Gasteiger partial charge in [-0.15, -0.1) is 0 Å². The second-order valence-corrected chi connectivity index (χ2v) is 7.53. The van der Waals surface area contributed by atoms with Crippen molar-refractivity contribution in [3.63, 3.8) is 0 Å². The van der Waals surface area contributed by atoms with Crippen LogP contribution in [0.3, 0.4) is 0 Å². The van der Waals surface area contributed by atoms with Gasteiger partial charge in [-0.3, -0.25) is 0 Å². The fourth-order valence-corrected chi connectivity index (χ4v) is 4.48. The van der Waals surface area contributed by atoms with Crippen LogP contribution in [0.25, 0.3) is 0 Å². The first-order valence-electron chi connectivity index (χ1n) is 6.08. The molecule has 1 aromatic carbocycles. The Morgan fingerprint density at radius 3 is 2.89 bits per heavy atom. The van der Waals surface area contributed by atoms with Gasteiger partial charge in [0.25, 0.3) is 0 Å². The molecule has 1 unspecified atom stereocenters. The summed E-state index contributed by atoms with van der Waals surface area (Å²) in [4.78, 5) is 0.108. The minimum absolute atomic E-state index is 0.108. The molecule has 5 nitrogen and oxygen atoms in total. The molecule has 1 aliphatic rings. The standard InChI is InChI=1S/C12H18N2O3S2/c1-17-9-4-5-12(11(13)7-9)19(15,16)14-8-10-3-2-6-18-10/h4-5,7,10,14H,2-3,6,8,13H2,1H3. The molecule has 106 valence electrons. The Bertz CT molecular complexity index is 540. The average Bonchev–Trinajstić information content (AvgIpc) is 2.89. The second-order valence-electron chi connectivity index (χ2n) is 4.39. The lowest BCUT2D eigenvalue weighted by Crippen LogP contribution is -2.30. The highest BCUT2D eigenvalue weighted by molar-refractivity contribution is 8.00. The van der Waals surface area contributed by atoms with E-state index < -0.39 is 10.0 Å². The largest absolute Gasteiger partial charge is 0.497 e. The lowest BCUT2D eigenvalue weighted by Gasteiger charge is -2.12. The van der Waals surface area contributed by atoms with Crippen LogP contribution in [-0.4, -0.2) is 33.1 Å². The van der Waals surface area contributed by atoms with Gasteiger partial charge in [-0.2, -0.15) is 11.8 Å². The Morgan fingerprint density at radius 2 is 2.32 bits per heavy atom. The van der Waals surface area contributed by atoms with Gasteiger partial charge in [0.1, 0.15) is 10.6 Å². The quantitative estimate of drug-likeness (QED) is 0.805. The summed E-state index contributed by atoms with van der Waals surface area (Å²) in [5, 5.41) is 0.370. The van der Waals surface area contributed by atoms with Crippen LogP contribution in [0.4, 0.5) is 5.69 Å². The highest BCUT2D eigenvalue weighted by atomic mass is 32.2. The Kier molecular flexibility index (Phi) is 4.59. The van der Waals surface area contributed by atoms with E-state index in [4.69, 9.17) is 10.5 Å². The predicted octanol–water partition coefficient (Wildman–Crippen LogP) is 1.45. The number of thioether (sulfide) groups is 1. The van der Waals surface area contributed by atoms with Crippen molar-refractivity contribution in [2.75, 3.05) is 25.1 Å². The number of ether oxygens (including phenoxy) is 1. The van der Waals surface area contributed by atoms with E-state index in [1.807, 2.05) is 11.8 Å². The van der Waals surface area contributed by atoms with Crippen molar-refractivity contribution >= 4 is 27.5 Å². The van der Waals surface area contributed by atoms with Crippen LogP contribution < -0.4 is 15.2 Å². The van der Waals surface area contributed by atoms with Gasteiger partial charge in [0.2, 0.25) is 10.0 Å². The number of methoxy groups -OCH3 is 1. The van der Waals surface area contributed by atoms with Crippen LogP contribution in [0.5, 0.6) is 5.75 Å². The van der Waals surface area contributed by atoms with E-state index in [0.717, 1.165) is 18.6 Å². The molecule has 0 amide bonds. The first-order chi connectivity index (χ1) is 9.03. The molecule has 0 radical (unpaired) electrons. The van der Waals surface area contributed by atoms with E-state index in [1.165, 1.54) is 19.2 Å². The Morgan fingerprint density at radius 1 is 1.53 bits per heavy atom. The van der Waals surface area contributed by atoms with Crippen LogP contribution in [0.15, 0.2) is 23.1 Å². The highest BCUT2D eigenvalue weighted by Crippen LogP contribution is 2.27. The number of sulfonamides is 1. The van der Waals surface area contributed by atoms with E-state index in [1.54, 1.807) is 6.07 Å². The van der Waals surface area contributed by atoms with Crippen molar-refractivity contribution in [1.29, 1.82) is 0 Å². The first kappa shape index (κ1) is 14.5. The van der Waals surface area contributed by atoms with Crippen molar-refractivity contribution < 1.29 is 13.2 Å². The third-order valence-corrected chi connectivity index (χ3v) is 5.93. The number of benzene rings is 1. The number of anilines is 1. The smallest absolute Gasteiger partial charge is 0.242 e. The van der Waals surface area contributed by atoms with Gasteiger partial charge >= 0.3 is 0 Å². The Hall–Kier alpha value is -0.920. The zero-order valence-electron chi connectivity index (χ0n) is 10.8. The van der Waals surface area contributed by atoms with Gasteiger partial charge in [0.15, 0.2) is 0 Å². The molecule has 3 N–H and O–H groups in total. The van der Waals surface area contributed by atoms with Crippen molar-refractivity contribution in [1.82, 2.24) is 4.72 Å². The summed E-state index contributed by atoms with van der Waals surface area (Å²) >= 11 is 1.81. The van der Waals surface area contributed by atoms with Crippen LogP contribution in [0, 0.1) is 0 Å². The molecular weight excluding hydrogens is 284 g/mol. The summed E-state index contributed by atoms with van der Waals surface area (Å²) in [5.74, 6) is 1.65. The molecule has 7 heteroatoms. The van der Waals surface area contributed by atoms with Gasteiger partial charge in [0, 0.05) is 17.9 Å². The Labute approximate surface area is 118 Å². The number of nitrogens with two attached hydrogens (primary N) is 1. The second kappa shape index (κ2) is 6.02. The number of hydrogen-bond acceptors (Lipinski definition) is 5. The van der Waals surface area contributed by atoms with Crippen LogP contribution >= 0.6 is 11.8 Å². The molecule has 1 fully saturated rings. The SMILES string of the molecule is COc1ccc(S(=O)(=O)NCC2CCCS2)c(N)c1. The number of rotatable bonds is 5. The van der Waals surface area contributed by atoms with E-state index >= 15 is 0 Å². The molecule has 19 heavy (non-hydrogen) atoms. The number of hydrogen-bond donors (Lipinski definition) is 2. The minimum atomic E-state index is -3.55. The molecule has 2 rings (SSSR count). The molecule has 0 saturated carbocycles. The van der Waals surface area contributed by atoms with Crippen molar-refractivity contribution in [3.05, 3.63) is 18.2 Å². The summed E-state index contributed by atoms with van der Waals surface area (Å²) in [6.07, 6.45) is 2.22. The summed E-state index contributed by atoms with van der Waals surface area (Å²) < 4.78 is 32.0. The van der Waals surface area contributed by atoms with Crippen LogP contribution in [-0.2, 0) is 10.0 Å². The third kappa shape index (κ3) is 3.55. The van der Waals surface area contributed by atoms with Gasteiger partial charge in [-0.1, -0.05) is 0 Å². The van der Waals surface area contributed by atoms with Crippen molar-refractivity contribution in [3.8, 4) is 5.75 Å². The van der Waals surface area contributed by atoms with Crippen molar-refractivity contribution in [2.45, 2.75) is 23.0 Å². The molecule has 1 aliphatic heterocycles. The molecule has 1 heterocycles. The van der Waals surface area contributed by atoms with E-state index in [9.17, 15) is 8.42 Å². The van der Waals surface area contributed by atoms with Crippen LogP contribution in [0.2, 0.25) is 0 Å². The fourth-order valence-electron chi connectivity index (χ4n) is 1.98. The van der Waals surface area contributed by atoms with E-state index in [-0.39, 0.29) is 10.6 Å². The summed E-state index contributed by atoms with van der Waals surface area (Å²) in [6, 6.07) is 4.58. The lowest BCUT2D eigenvalue weighted by atomic mass is 10.2. The first-order valence-corrected chi connectivity index (χ1v) is 8.61. The molecule has 1 aromatic rings. The molecule has 1 saturated heterocycles. The van der Waals surface area contributed by atoms with Crippen molar-refractivity contribution in [2.24, 2.45) is 0 Å². The highest BCUT2D eigenvalue weighted by Gasteiger charge is 2.21. The average molecular weight is 302 g/mol. The zero-order chi connectivity index (χ0) is 13.9. The van der Waals surface area contributed by atoms with Gasteiger partial charge in [-0.25, -0.2) is 13.1 Å². The minimum Gasteiger partial charge on any atom is -0.497 e. The molecule has 1 atom stereocenters. The maximum atomic E-state index is 12.2. The third-order valence-electron chi connectivity index (χ3n) is 3.03. The normalized spacial score (nSPS) is 19.5. The molecule has 0 aromatic heterocycles. The number of nitrogens with one attached hydrogen (secondary N) is 1. The monoisotopic (exact) mass is 302 g/mol. The summed E-state index contributed by atoms with van der Waals surface area (Å²) in [6.45, 7) is 0.457. The number of nitrogen functional groups attached to an aromatic ring is 1. The summed E-state index contributed by atoms with van der Waals surface area (Å²) in [7, 11) is -2.03. The maximum absolute atomic E-state index is 12.2. The van der Waals surface area contributed by atoms with E-state index in [0.29, 0.717) is 17.5 Å². The van der Waals surface area contributed by atoms with Crippen LogP contribution in [0.1, 0.15) is 12.8 Å².